The van der Waals surface area contributed by atoms with E-state index in [0.717, 1.165) is 16.7 Å². The average Bonchev–Trinajstić information content (AvgIpc) is 3.17. The molecule has 1 atom stereocenters. The highest BCUT2D eigenvalue weighted by atomic mass is 16.5. The van der Waals surface area contributed by atoms with Gasteiger partial charge in [-0.3, -0.25) is 9.59 Å². The minimum atomic E-state index is -0.782. The van der Waals surface area contributed by atoms with Crippen LogP contribution in [0.25, 0.3) is 11.0 Å². The van der Waals surface area contributed by atoms with Crippen LogP contribution in [0.15, 0.2) is 71.1 Å². The molecule has 0 saturated heterocycles. The molecule has 0 spiro atoms. The van der Waals surface area contributed by atoms with Crippen LogP contribution in [0.2, 0.25) is 0 Å². The van der Waals surface area contributed by atoms with Crippen molar-refractivity contribution in [2.24, 2.45) is 0 Å². The van der Waals surface area contributed by atoms with Gasteiger partial charge in [0.05, 0.1) is 5.69 Å². The molecule has 1 aromatic heterocycles. The Balaban J connectivity index is 1.65. The second-order valence-electron chi connectivity index (χ2n) is 8.94. The number of fused-ring (bicyclic) bond motifs is 1. The fourth-order valence-electron chi connectivity index (χ4n) is 3.85. The zero-order chi connectivity index (χ0) is 24.4. The van der Waals surface area contributed by atoms with E-state index < -0.39 is 6.10 Å². The zero-order valence-corrected chi connectivity index (χ0v) is 20.1. The van der Waals surface area contributed by atoms with Gasteiger partial charge in [-0.15, -0.1) is 0 Å². The van der Waals surface area contributed by atoms with Crippen LogP contribution in [-0.2, 0) is 4.79 Å². The molecule has 1 unspecified atom stereocenters. The lowest BCUT2D eigenvalue weighted by atomic mass is 10.0. The molecule has 0 aliphatic carbocycles. The van der Waals surface area contributed by atoms with Crippen molar-refractivity contribution in [3.8, 4) is 5.75 Å². The van der Waals surface area contributed by atoms with E-state index >= 15 is 0 Å². The van der Waals surface area contributed by atoms with E-state index in [2.05, 4.69) is 19.2 Å². The van der Waals surface area contributed by atoms with Crippen molar-refractivity contribution in [3.05, 3.63) is 94.7 Å². The van der Waals surface area contributed by atoms with E-state index in [4.69, 9.17) is 9.15 Å². The standard InChI is InChI=1S/C29H29NO4/c1-17(2)22-15-12-19(4)16-25(22)33-20(5)29(32)30-26-23-8-6-7-9-24(23)34-28(26)27(31)21-13-10-18(3)11-14-21/h6-17,20H,1-5H3,(H,30,32). The van der Waals surface area contributed by atoms with Crippen LogP contribution < -0.4 is 10.1 Å². The van der Waals surface area contributed by atoms with Gasteiger partial charge in [0.2, 0.25) is 5.78 Å². The Kier molecular flexibility index (Phi) is 6.55. The van der Waals surface area contributed by atoms with E-state index in [1.807, 2.05) is 62.4 Å². The van der Waals surface area contributed by atoms with Gasteiger partial charge in [-0.05, 0) is 56.0 Å². The fraction of sp³-hybridized carbons (Fsp3) is 0.241. The van der Waals surface area contributed by atoms with Gasteiger partial charge in [0, 0.05) is 10.9 Å². The topological polar surface area (TPSA) is 68.5 Å². The van der Waals surface area contributed by atoms with Crippen molar-refractivity contribution < 1.29 is 18.7 Å². The van der Waals surface area contributed by atoms with Crippen molar-refractivity contribution in [3.63, 3.8) is 0 Å². The Morgan fingerprint density at radius 1 is 0.882 bits per heavy atom. The minimum Gasteiger partial charge on any atom is -0.481 e. The second-order valence-corrected chi connectivity index (χ2v) is 8.94. The number of ketones is 1. The first-order valence-corrected chi connectivity index (χ1v) is 11.5. The highest BCUT2D eigenvalue weighted by Crippen LogP contribution is 2.33. The van der Waals surface area contributed by atoms with Crippen molar-refractivity contribution >= 4 is 28.3 Å². The van der Waals surface area contributed by atoms with Crippen LogP contribution in [0.3, 0.4) is 0 Å². The summed E-state index contributed by atoms with van der Waals surface area (Å²) in [5.41, 5.74) is 4.52. The smallest absolute Gasteiger partial charge is 0.265 e. The quantitative estimate of drug-likeness (QED) is 0.311. The average molecular weight is 456 g/mol. The van der Waals surface area contributed by atoms with Crippen molar-refractivity contribution in [2.45, 2.75) is 46.6 Å². The maximum Gasteiger partial charge on any atom is 0.265 e. The van der Waals surface area contributed by atoms with Gasteiger partial charge < -0.3 is 14.5 Å². The number of furan rings is 1. The van der Waals surface area contributed by atoms with Gasteiger partial charge in [0.15, 0.2) is 11.9 Å². The number of ether oxygens (including phenoxy) is 1. The number of nitrogens with one attached hydrogen (secondary N) is 1. The molecule has 4 rings (SSSR count). The van der Waals surface area contributed by atoms with Gasteiger partial charge in [-0.25, -0.2) is 0 Å². The molecule has 34 heavy (non-hydrogen) atoms. The molecule has 1 amide bonds. The molecule has 0 radical (unpaired) electrons. The summed E-state index contributed by atoms with van der Waals surface area (Å²) in [5.74, 6) is 0.388. The van der Waals surface area contributed by atoms with E-state index in [9.17, 15) is 9.59 Å². The number of amides is 1. The maximum absolute atomic E-state index is 13.3. The first-order chi connectivity index (χ1) is 16.2. The SMILES string of the molecule is Cc1ccc(C(=O)c2oc3ccccc3c2NC(=O)C(C)Oc2cc(C)ccc2C(C)C)cc1. The van der Waals surface area contributed by atoms with Crippen LogP contribution in [-0.4, -0.2) is 17.8 Å². The number of aryl methyl sites for hydroxylation is 2. The molecule has 0 aliphatic rings. The summed E-state index contributed by atoms with van der Waals surface area (Å²) in [4.78, 5) is 26.5. The third kappa shape index (κ3) is 4.74. The normalized spacial score (nSPS) is 12.1. The van der Waals surface area contributed by atoms with Gasteiger partial charge in [0.25, 0.3) is 5.91 Å². The summed E-state index contributed by atoms with van der Waals surface area (Å²) < 4.78 is 12.0. The van der Waals surface area contributed by atoms with E-state index in [-0.39, 0.29) is 23.4 Å². The van der Waals surface area contributed by atoms with E-state index in [1.165, 1.54) is 0 Å². The highest BCUT2D eigenvalue weighted by molar-refractivity contribution is 6.17. The number of benzene rings is 3. The molecular weight excluding hydrogens is 426 g/mol. The Morgan fingerprint density at radius 3 is 2.26 bits per heavy atom. The Morgan fingerprint density at radius 2 is 1.56 bits per heavy atom. The Bertz CT molecular complexity index is 1350. The molecule has 4 aromatic rings. The Hall–Kier alpha value is -3.86. The first kappa shape index (κ1) is 23.3. The molecule has 1 heterocycles. The largest absolute Gasteiger partial charge is 0.481 e. The number of carbonyl (C=O) groups excluding carboxylic acids is 2. The molecule has 0 bridgehead atoms. The van der Waals surface area contributed by atoms with Crippen LogP contribution >= 0.6 is 0 Å². The number of hydrogen-bond acceptors (Lipinski definition) is 4. The molecule has 3 aromatic carbocycles. The molecule has 5 nitrogen and oxygen atoms in total. The monoisotopic (exact) mass is 455 g/mol. The highest BCUT2D eigenvalue weighted by Gasteiger charge is 2.26. The first-order valence-electron chi connectivity index (χ1n) is 11.5. The predicted octanol–water partition coefficient (Wildman–Crippen LogP) is 6.81. The molecule has 0 saturated carbocycles. The molecule has 174 valence electrons. The van der Waals surface area contributed by atoms with E-state index in [1.54, 1.807) is 25.1 Å². The van der Waals surface area contributed by atoms with Crippen molar-refractivity contribution in [1.82, 2.24) is 0 Å². The summed E-state index contributed by atoms with van der Waals surface area (Å²) in [6.45, 7) is 9.82. The number of anilines is 1. The molecule has 1 N–H and O–H groups in total. The zero-order valence-electron chi connectivity index (χ0n) is 20.1. The van der Waals surface area contributed by atoms with Crippen molar-refractivity contribution in [2.75, 3.05) is 5.32 Å². The van der Waals surface area contributed by atoms with Crippen LogP contribution in [0, 0.1) is 13.8 Å². The predicted molar refractivity (Wildman–Crippen MR) is 135 cm³/mol. The van der Waals surface area contributed by atoms with Gasteiger partial charge in [-0.1, -0.05) is 67.9 Å². The second kappa shape index (κ2) is 9.56. The Labute approximate surface area is 199 Å². The summed E-state index contributed by atoms with van der Waals surface area (Å²) in [6, 6.07) is 20.5. The van der Waals surface area contributed by atoms with Gasteiger partial charge >= 0.3 is 0 Å². The van der Waals surface area contributed by atoms with Crippen LogP contribution in [0.1, 0.15) is 59.5 Å². The molecule has 5 heteroatoms. The lowest BCUT2D eigenvalue weighted by molar-refractivity contribution is -0.122. The van der Waals surface area contributed by atoms with Crippen LogP contribution in [0.4, 0.5) is 5.69 Å². The lowest BCUT2D eigenvalue weighted by Crippen LogP contribution is -2.31. The fourth-order valence-corrected chi connectivity index (χ4v) is 3.85. The molecule has 0 aliphatic heterocycles. The molecular formula is C29H29NO4. The minimum absolute atomic E-state index is 0.101. The summed E-state index contributed by atoms with van der Waals surface area (Å²) >= 11 is 0. The third-order valence-electron chi connectivity index (χ3n) is 5.83. The molecule has 0 fully saturated rings. The summed E-state index contributed by atoms with van der Waals surface area (Å²) in [7, 11) is 0. The van der Waals surface area contributed by atoms with E-state index in [0.29, 0.717) is 28.0 Å². The summed E-state index contributed by atoms with van der Waals surface area (Å²) in [6.07, 6.45) is -0.782. The third-order valence-corrected chi connectivity index (χ3v) is 5.83. The lowest BCUT2D eigenvalue weighted by Gasteiger charge is -2.19. The maximum atomic E-state index is 13.3. The number of hydrogen-bond donors (Lipinski definition) is 1. The van der Waals surface area contributed by atoms with Crippen molar-refractivity contribution in [1.29, 1.82) is 0 Å². The number of rotatable bonds is 7. The number of para-hydroxylation sites is 1. The van der Waals surface area contributed by atoms with Gasteiger partial charge in [-0.2, -0.15) is 0 Å². The summed E-state index contributed by atoms with van der Waals surface area (Å²) in [5, 5.41) is 3.56. The number of carbonyl (C=O) groups is 2. The van der Waals surface area contributed by atoms with Gasteiger partial charge in [0.1, 0.15) is 11.3 Å². The van der Waals surface area contributed by atoms with Crippen LogP contribution in [0.5, 0.6) is 5.75 Å².